The number of nitrogens with one attached hydrogen (secondary N) is 1. The Morgan fingerprint density at radius 3 is 3.00 bits per heavy atom. The molecule has 6 heteroatoms. The second kappa shape index (κ2) is 5.99. The summed E-state index contributed by atoms with van der Waals surface area (Å²) in [5, 5.41) is 8.86. The van der Waals surface area contributed by atoms with Crippen LogP contribution in [0.1, 0.15) is 45.9 Å². The van der Waals surface area contributed by atoms with E-state index in [1.54, 1.807) is 17.4 Å². The Balaban J connectivity index is 1.60. The first-order valence-corrected chi connectivity index (χ1v) is 7.97. The normalized spacial score (nSPS) is 16.1. The van der Waals surface area contributed by atoms with Crippen LogP contribution in [0.15, 0.2) is 28.1 Å². The van der Waals surface area contributed by atoms with Gasteiger partial charge in [-0.25, -0.2) is 0 Å². The van der Waals surface area contributed by atoms with Crippen LogP contribution in [0.25, 0.3) is 0 Å². The van der Waals surface area contributed by atoms with Crippen LogP contribution >= 0.6 is 11.3 Å². The fourth-order valence-electron chi connectivity index (χ4n) is 2.26. The maximum Gasteiger partial charge on any atom is 0.273 e. The van der Waals surface area contributed by atoms with Crippen molar-refractivity contribution in [1.82, 2.24) is 15.4 Å². The molecule has 5 nitrogen and oxygen atoms in total. The first-order valence-electron chi connectivity index (χ1n) is 7.10. The minimum atomic E-state index is -0.172. The molecule has 1 unspecified atom stereocenters. The molecule has 112 valence electrons. The molecular formula is C15H19N3O2S. The Bertz CT molecular complexity index is 602. The Morgan fingerprint density at radius 1 is 1.57 bits per heavy atom. The third-order valence-electron chi connectivity index (χ3n) is 3.69. The van der Waals surface area contributed by atoms with Crippen molar-refractivity contribution >= 4 is 17.2 Å². The highest BCUT2D eigenvalue weighted by Crippen LogP contribution is 2.40. The Labute approximate surface area is 127 Å². The number of nitrogens with zero attached hydrogens (tertiary/aromatic N) is 2. The van der Waals surface area contributed by atoms with Crippen molar-refractivity contribution in [3.05, 3.63) is 39.9 Å². The number of likely N-dealkylation sites (N-methyl/N-ethyl adjacent to an activating group) is 1. The van der Waals surface area contributed by atoms with Gasteiger partial charge in [0.25, 0.3) is 5.91 Å². The van der Waals surface area contributed by atoms with Crippen LogP contribution in [0.5, 0.6) is 0 Å². The molecule has 0 spiro atoms. The second-order valence-electron chi connectivity index (χ2n) is 5.59. The Kier molecular flexibility index (Phi) is 4.07. The van der Waals surface area contributed by atoms with Gasteiger partial charge < -0.3 is 14.7 Å². The molecule has 2 aromatic heterocycles. The van der Waals surface area contributed by atoms with E-state index < -0.39 is 0 Å². The fraction of sp³-hybridized carbons (Fsp3) is 0.467. The van der Waals surface area contributed by atoms with Gasteiger partial charge in [0.15, 0.2) is 5.69 Å². The highest BCUT2D eigenvalue weighted by molar-refractivity contribution is 7.10. The standard InChI is InChI=1S/C15H19N3O2S/c1-18(2)12(14-4-3-7-21-14)9-16-15(19)11-8-13(20-17-11)10-5-6-10/h3-4,7-8,10,12H,5-6,9H2,1-2H3,(H,16,19). The molecule has 0 radical (unpaired) electrons. The molecule has 1 fully saturated rings. The van der Waals surface area contributed by atoms with Gasteiger partial charge in [-0.3, -0.25) is 4.79 Å². The highest BCUT2D eigenvalue weighted by atomic mass is 32.1. The zero-order chi connectivity index (χ0) is 14.8. The van der Waals surface area contributed by atoms with Crippen molar-refractivity contribution in [3.63, 3.8) is 0 Å². The van der Waals surface area contributed by atoms with E-state index >= 15 is 0 Å². The van der Waals surface area contributed by atoms with Crippen molar-refractivity contribution in [2.24, 2.45) is 0 Å². The number of rotatable bonds is 6. The average Bonchev–Trinajstić information content (AvgIpc) is 2.98. The first-order chi connectivity index (χ1) is 10.1. The van der Waals surface area contributed by atoms with Gasteiger partial charge in [-0.05, 0) is 38.4 Å². The molecule has 21 heavy (non-hydrogen) atoms. The average molecular weight is 305 g/mol. The van der Waals surface area contributed by atoms with E-state index in [9.17, 15) is 4.79 Å². The molecule has 0 aliphatic heterocycles. The summed E-state index contributed by atoms with van der Waals surface area (Å²) in [5.74, 6) is 1.14. The molecular weight excluding hydrogens is 286 g/mol. The molecule has 1 aliphatic carbocycles. The third-order valence-corrected chi connectivity index (χ3v) is 4.67. The van der Waals surface area contributed by atoms with Gasteiger partial charge in [0.05, 0.1) is 6.04 Å². The van der Waals surface area contributed by atoms with Crippen LogP contribution in [0.2, 0.25) is 0 Å². The summed E-state index contributed by atoms with van der Waals surface area (Å²) in [7, 11) is 4.02. The van der Waals surface area contributed by atoms with Crippen molar-refractivity contribution in [1.29, 1.82) is 0 Å². The topological polar surface area (TPSA) is 58.4 Å². The predicted molar refractivity (Wildman–Crippen MR) is 81.6 cm³/mol. The summed E-state index contributed by atoms with van der Waals surface area (Å²) in [6.07, 6.45) is 2.27. The smallest absolute Gasteiger partial charge is 0.273 e. The number of carbonyl (C=O) groups excluding carboxylic acids is 1. The van der Waals surface area contributed by atoms with Crippen molar-refractivity contribution in [2.75, 3.05) is 20.6 Å². The Hall–Kier alpha value is -1.66. The minimum absolute atomic E-state index is 0.170. The number of hydrogen-bond donors (Lipinski definition) is 1. The van der Waals surface area contributed by atoms with E-state index in [1.165, 1.54) is 4.88 Å². The molecule has 1 N–H and O–H groups in total. The summed E-state index contributed by atoms with van der Waals surface area (Å²) < 4.78 is 5.22. The lowest BCUT2D eigenvalue weighted by Crippen LogP contribution is -2.34. The molecule has 2 aromatic rings. The first kappa shape index (κ1) is 14.3. The van der Waals surface area contributed by atoms with Gasteiger partial charge in [0, 0.05) is 23.4 Å². The van der Waals surface area contributed by atoms with Gasteiger partial charge in [0.2, 0.25) is 0 Å². The monoisotopic (exact) mass is 305 g/mol. The predicted octanol–water partition coefficient (Wildman–Crippen LogP) is 2.65. The quantitative estimate of drug-likeness (QED) is 0.891. The number of amides is 1. The molecule has 0 saturated heterocycles. The number of carbonyl (C=O) groups is 1. The van der Waals surface area contributed by atoms with E-state index in [0.717, 1.165) is 18.6 Å². The van der Waals surface area contributed by atoms with Crippen LogP contribution < -0.4 is 5.32 Å². The molecule has 0 bridgehead atoms. The number of hydrogen-bond acceptors (Lipinski definition) is 5. The van der Waals surface area contributed by atoms with Gasteiger partial charge in [-0.15, -0.1) is 11.3 Å². The summed E-state index contributed by atoms with van der Waals surface area (Å²) in [5.41, 5.74) is 0.376. The van der Waals surface area contributed by atoms with Gasteiger partial charge in [-0.2, -0.15) is 0 Å². The molecule has 1 amide bonds. The van der Waals surface area contributed by atoms with Crippen molar-refractivity contribution < 1.29 is 9.32 Å². The molecule has 1 saturated carbocycles. The number of aromatic nitrogens is 1. The lowest BCUT2D eigenvalue weighted by molar-refractivity contribution is 0.0933. The van der Waals surface area contributed by atoms with Crippen LogP contribution in [0, 0.1) is 0 Å². The van der Waals surface area contributed by atoms with Crippen LogP contribution in [0.3, 0.4) is 0 Å². The van der Waals surface area contributed by atoms with Gasteiger partial charge in [0.1, 0.15) is 5.76 Å². The summed E-state index contributed by atoms with van der Waals surface area (Å²) >= 11 is 1.70. The van der Waals surface area contributed by atoms with E-state index in [2.05, 4.69) is 21.4 Å². The lowest BCUT2D eigenvalue weighted by atomic mass is 10.2. The van der Waals surface area contributed by atoms with E-state index in [4.69, 9.17) is 4.52 Å². The highest BCUT2D eigenvalue weighted by Gasteiger charge is 2.29. The van der Waals surface area contributed by atoms with Crippen LogP contribution in [0.4, 0.5) is 0 Å². The van der Waals surface area contributed by atoms with Crippen molar-refractivity contribution in [2.45, 2.75) is 24.8 Å². The zero-order valence-electron chi connectivity index (χ0n) is 12.2. The minimum Gasteiger partial charge on any atom is -0.360 e. The van der Waals surface area contributed by atoms with Gasteiger partial charge in [-0.1, -0.05) is 11.2 Å². The van der Waals surface area contributed by atoms with Crippen LogP contribution in [-0.4, -0.2) is 36.6 Å². The maximum atomic E-state index is 12.1. The van der Waals surface area contributed by atoms with Gasteiger partial charge >= 0.3 is 0 Å². The Morgan fingerprint density at radius 2 is 2.38 bits per heavy atom. The summed E-state index contributed by atoms with van der Waals surface area (Å²) in [6.45, 7) is 0.554. The van der Waals surface area contributed by atoms with Crippen LogP contribution in [-0.2, 0) is 0 Å². The zero-order valence-corrected chi connectivity index (χ0v) is 13.0. The van der Waals surface area contributed by atoms with E-state index in [0.29, 0.717) is 18.2 Å². The summed E-state index contributed by atoms with van der Waals surface area (Å²) in [4.78, 5) is 15.5. The number of thiophene rings is 1. The molecule has 3 rings (SSSR count). The van der Waals surface area contributed by atoms with E-state index in [-0.39, 0.29) is 11.9 Å². The lowest BCUT2D eigenvalue weighted by Gasteiger charge is -2.23. The fourth-order valence-corrected chi connectivity index (χ4v) is 3.18. The SMILES string of the molecule is CN(C)C(CNC(=O)c1cc(C2CC2)on1)c1cccs1. The van der Waals surface area contributed by atoms with Crippen molar-refractivity contribution in [3.8, 4) is 0 Å². The maximum absolute atomic E-state index is 12.1. The molecule has 1 aliphatic rings. The third kappa shape index (κ3) is 3.33. The molecule has 1 atom stereocenters. The summed E-state index contributed by atoms with van der Waals surface area (Å²) in [6, 6.07) is 6.05. The second-order valence-corrected chi connectivity index (χ2v) is 6.57. The largest absolute Gasteiger partial charge is 0.360 e. The molecule has 2 heterocycles. The molecule has 0 aromatic carbocycles. The van der Waals surface area contributed by atoms with E-state index in [1.807, 2.05) is 25.5 Å².